The number of ether oxygens (including phenoxy) is 6. The second-order valence-corrected chi connectivity index (χ2v) is 12.7. The summed E-state index contributed by atoms with van der Waals surface area (Å²) in [5.41, 5.74) is 4.07. The number of thiazole rings is 1. The lowest BCUT2D eigenvalue weighted by Crippen LogP contribution is -2.53. The second kappa shape index (κ2) is 17.7. The fourth-order valence-corrected chi connectivity index (χ4v) is 7.42. The summed E-state index contributed by atoms with van der Waals surface area (Å²) in [4.78, 5) is 19.9. The molecule has 1 aromatic carbocycles. The highest BCUT2D eigenvalue weighted by Gasteiger charge is 2.47. The molecule has 4 rings (SSSR count). The molecule has 1 fully saturated rings. The first kappa shape index (κ1) is 34.2. The standard InChI is InChI=1S/C32H51N3O7S/c1-5-35(3)28-20-24-21-29-27(22-26(24)32(2)9-7-6-8-25(28)32)33-31(43-29)34-30(36)23-42-19-18-41-17-16-40-15-14-39-13-12-38-11-10-37-4/h21-22,25,28H,5-20,23H2,1-4H3,(H,33,34,36)/t25-,28+,32-/m0/s1. The van der Waals surface area contributed by atoms with E-state index in [-0.39, 0.29) is 17.9 Å². The Labute approximate surface area is 260 Å². The summed E-state index contributed by atoms with van der Waals surface area (Å²) in [5, 5.41) is 3.55. The third kappa shape index (κ3) is 9.64. The molecule has 10 nitrogen and oxygen atoms in total. The Morgan fingerprint density at radius 2 is 1.60 bits per heavy atom. The fourth-order valence-electron chi connectivity index (χ4n) is 6.49. The Balaban J connectivity index is 1.13. The number of fused-ring (bicyclic) bond motifs is 4. The molecule has 3 atom stereocenters. The van der Waals surface area contributed by atoms with E-state index in [0.717, 1.165) is 23.2 Å². The molecular formula is C32H51N3O7S. The Morgan fingerprint density at radius 3 is 2.23 bits per heavy atom. The SMILES string of the molecule is CCN(C)[C@@H]1Cc2cc3sc(NC(=O)COCCOCCOCCOCCOCCOC)nc3cc2[C@@]2(C)CCCC[C@@H]12. The number of likely N-dealkylation sites (N-methyl/N-ethyl adjacent to an activating group) is 1. The highest BCUT2D eigenvalue weighted by Crippen LogP contribution is 2.52. The van der Waals surface area contributed by atoms with Crippen LogP contribution in [0.25, 0.3) is 10.2 Å². The summed E-state index contributed by atoms with van der Waals surface area (Å²) < 4.78 is 33.3. The van der Waals surface area contributed by atoms with Crippen molar-refractivity contribution in [3.8, 4) is 0 Å². The number of carbonyl (C=O) groups excluding carboxylic acids is 1. The molecular weight excluding hydrogens is 570 g/mol. The highest BCUT2D eigenvalue weighted by molar-refractivity contribution is 7.22. The Kier molecular flexibility index (Phi) is 14.1. The smallest absolute Gasteiger partial charge is 0.252 e. The number of amides is 1. The van der Waals surface area contributed by atoms with Crippen molar-refractivity contribution in [3.63, 3.8) is 0 Å². The normalized spacial score (nSPS) is 21.7. The number of nitrogens with zero attached hydrogens (tertiary/aromatic N) is 2. The number of rotatable bonds is 20. The van der Waals surface area contributed by atoms with E-state index in [4.69, 9.17) is 33.4 Å². The first-order valence-electron chi connectivity index (χ1n) is 15.8. The number of anilines is 1. The maximum absolute atomic E-state index is 12.5. The van der Waals surface area contributed by atoms with Crippen molar-refractivity contribution in [3.05, 3.63) is 23.3 Å². The monoisotopic (exact) mass is 621 g/mol. The molecule has 11 heteroatoms. The molecule has 1 amide bonds. The lowest BCUT2D eigenvalue weighted by Gasteiger charge is -2.52. The average Bonchev–Trinajstić information content (AvgIpc) is 3.40. The first-order valence-corrected chi connectivity index (χ1v) is 16.6. The zero-order valence-corrected chi connectivity index (χ0v) is 27.3. The van der Waals surface area contributed by atoms with Gasteiger partial charge >= 0.3 is 0 Å². The molecule has 2 aliphatic rings. The largest absolute Gasteiger partial charge is 0.382 e. The minimum absolute atomic E-state index is 0.0381. The van der Waals surface area contributed by atoms with Gasteiger partial charge in [0.1, 0.15) is 6.61 Å². The van der Waals surface area contributed by atoms with E-state index in [2.05, 4.69) is 43.2 Å². The summed E-state index contributed by atoms with van der Waals surface area (Å²) in [6.07, 6.45) is 6.21. The van der Waals surface area contributed by atoms with Crippen LogP contribution in [0.5, 0.6) is 0 Å². The van der Waals surface area contributed by atoms with Crippen LogP contribution in [0.4, 0.5) is 5.13 Å². The minimum Gasteiger partial charge on any atom is -0.382 e. The number of carbonyl (C=O) groups is 1. The summed E-state index contributed by atoms with van der Waals surface area (Å²) in [6, 6.07) is 5.21. The van der Waals surface area contributed by atoms with Gasteiger partial charge in [-0.25, -0.2) is 4.98 Å². The van der Waals surface area contributed by atoms with Crippen molar-refractivity contribution >= 4 is 32.6 Å². The van der Waals surface area contributed by atoms with Crippen LogP contribution >= 0.6 is 11.3 Å². The summed E-state index contributed by atoms with van der Waals surface area (Å²) in [6.45, 7) is 10.7. The van der Waals surface area contributed by atoms with Crippen molar-refractivity contribution < 1.29 is 33.2 Å². The molecule has 2 aliphatic carbocycles. The number of aromatic nitrogens is 1. The lowest BCUT2D eigenvalue weighted by molar-refractivity contribution is -0.121. The molecule has 1 heterocycles. The summed E-state index contributed by atoms with van der Waals surface area (Å²) in [5.74, 6) is 0.463. The molecule has 0 radical (unpaired) electrons. The van der Waals surface area contributed by atoms with Crippen molar-refractivity contribution in [1.29, 1.82) is 0 Å². The van der Waals surface area contributed by atoms with Gasteiger partial charge in [-0.1, -0.05) is 38.0 Å². The van der Waals surface area contributed by atoms with Crippen LogP contribution in [-0.4, -0.2) is 115 Å². The molecule has 0 spiro atoms. The number of benzene rings is 1. The van der Waals surface area contributed by atoms with E-state index in [9.17, 15) is 4.79 Å². The number of hydrogen-bond donors (Lipinski definition) is 1. The van der Waals surface area contributed by atoms with Crippen LogP contribution in [0.3, 0.4) is 0 Å². The molecule has 0 unspecified atom stereocenters. The average molecular weight is 622 g/mol. The maximum Gasteiger partial charge on any atom is 0.252 e. The van der Waals surface area contributed by atoms with Crippen molar-refractivity contribution in [2.75, 3.05) is 98.7 Å². The lowest BCUT2D eigenvalue weighted by atomic mass is 9.56. The first-order chi connectivity index (χ1) is 21.0. The molecule has 1 saturated carbocycles. The molecule has 242 valence electrons. The molecule has 0 bridgehead atoms. The third-order valence-electron chi connectivity index (χ3n) is 8.87. The molecule has 1 aromatic heterocycles. The molecule has 0 saturated heterocycles. The van der Waals surface area contributed by atoms with Crippen LogP contribution in [0, 0.1) is 5.92 Å². The quantitative estimate of drug-likeness (QED) is 0.217. The van der Waals surface area contributed by atoms with E-state index >= 15 is 0 Å². The van der Waals surface area contributed by atoms with Gasteiger partial charge in [-0.2, -0.15) is 0 Å². The number of nitrogens with one attached hydrogen (secondary N) is 1. The van der Waals surface area contributed by atoms with Gasteiger partial charge < -0.3 is 33.3 Å². The summed E-state index contributed by atoms with van der Waals surface area (Å²) in [7, 11) is 3.92. The molecule has 43 heavy (non-hydrogen) atoms. The van der Waals surface area contributed by atoms with Crippen LogP contribution < -0.4 is 5.32 Å². The highest BCUT2D eigenvalue weighted by atomic mass is 32.1. The zero-order valence-electron chi connectivity index (χ0n) is 26.5. The van der Waals surface area contributed by atoms with Crippen molar-refractivity contribution in [1.82, 2.24) is 9.88 Å². The predicted molar refractivity (Wildman–Crippen MR) is 169 cm³/mol. The van der Waals surface area contributed by atoms with Gasteiger partial charge in [0.05, 0.1) is 76.3 Å². The van der Waals surface area contributed by atoms with Crippen LogP contribution in [-0.2, 0) is 45.1 Å². The predicted octanol–water partition coefficient (Wildman–Crippen LogP) is 4.29. The second-order valence-electron chi connectivity index (χ2n) is 11.7. The van der Waals surface area contributed by atoms with Crippen LogP contribution in [0.1, 0.15) is 50.7 Å². The van der Waals surface area contributed by atoms with Crippen LogP contribution in [0.2, 0.25) is 0 Å². The summed E-state index contributed by atoms with van der Waals surface area (Å²) >= 11 is 1.54. The van der Waals surface area contributed by atoms with Crippen molar-refractivity contribution in [2.45, 2.75) is 57.4 Å². The van der Waals surface area contributed by atoms with Gasteiger partial charge in [0.15, 0.2) is 5.13 Å². The topological polar surface area (TPSA) is 101 Å². The van der Waals surface area contributed by atoms with Gasteiger partial charge in [-0.15, -0.1) is 0 Å². The molecule has 0 aliphatic heterocycles. The van der Waals surface area contributed by atoms with E-state index in [1.807, 2.05) is 0 Å². The van der Waals surface area contributed by atoms with E-state index in [1.165, 1.54) is 48.1 Å². The maximum atomic E-state index is 12.5. The Hall–Kier alpha value is -1.70. The Morgan fingerprint density at radius 1 is 0.977 bits per heavy atom. The van der Waals surface area contributed by atoms with Crippen LogP contribution in [0.15, 0.2) is 12.1 Å². The van der Waals surface area contributed by atoms with Gasteiger partial charge in [0, 0.05) is 13.2 Å². The number of hydrogen-bond acceptors (Lipinski definition) is 10. The number of methoxy groups -OCH3 is 1. The molecule has 2 aromatic rings. The van der Waals surface area contributed by atoms with E-state index in [0.29, 0.717) is 83.2 Å². The third-order valence-corrected chi connectivity index (χ3v) is 9.80. The minimum atomic E-state index is -0.208. The van der Waals surface area contributed by atoms with E-state index < -0.39 is 0 Å². The van der Waals surface area contributed by atoms with Gasteiger partial charge in [-0.05, 0) is 67.4 Å². The molecule has 1 N–H and O–H groups in total. The zero-order chi connectivity index (χ0) is 30.5. The fraction of sp³-hybridized carbons (Fsp3) is 0.750. The Bertz CT molecular complexity index is 1130. The van der Waals surface area contributed by atoms with Gasteiger partial charge in [0.2, 0.25) is 0 Å². The van der Waals surface area contributed by atoms with Gasteiger partial charge in [0.25, 0.3) is 5.91 Å². The van der Waals surface area contributed by atoms with Crippen molar-refractivity contribution in [2.24, 2.45) is 5.92 Å². The van der Waals surface area contributed by atoms with Gasteiger partial charge in [-0.3, -0.25) is 10.1 Å². The van der Waals surface area contributed by atoms with E-state index in [1.54, 1.807) is 7.11 Å².